The second-order valence-corrected chi connectivity index (χ2v) is 2.75. The van der Waals surface area contributed by atoms with Crippen molar-refractivity contribution in [1.29, 1.82) is 0 Å². The molecule has 64 valence electrons. The van der Waals surface area contributed by atoms with Gasteiger partial charge in [-0.3, -0.25) is 0 Å². The minimum Gasteiger partial charge on any atom is -0.303 e. The summed E-state index contributed by atoms with van der Waals surface area (Å²) < 4.78 is 12.3. The van der Waals surface area contributed by atoms with Crippen LogP contribution in [0.25, 0.3) is 0 Å². The summed E-state index contributed by atoms with van der Waals surface area (Å²) in [6.45, 7) is 1.26. The summed E-state index contributed by atoms with van der Waals surface area (Å²) >= 11 is 0. The van der Waals surface area contributed by atoms with Gasteiger partial charge in [-0.1, -0.05) is 24.3 Å². The highest BCUT2D eigenvalue weighted by Crippen LogP contribution is 2.17. The Labute approximate surface area is 71.2 Å². The lowest BCUT2D eigenvalue weighted by Gasteiger charge is -2.08. The molecule has 1 unspecified atom stereocenters. The molecule has 0 aliphatic carbocycles. The van der Waals surface area contributed by atoms with E-state index in [1.807, 2.05) is 25.1 Å². The minimum absolute atomic E-state index is 0.591. The molecule has 1 aromatic carbocycles. The van der Waals surface area contributed by atoms with Crippen molar-refractivity contribution in [3.63, 3.8) is 0 Å². The van der Waals surface area contributed by atoms with Gasteiger partial charge in [-0.05, 0) is 18.1 Å². The van der Waals surface area contributed by atoms with E-state index >= 15 is 0 Å². The fraction of sp³-hybridized carbons (Fsp3) is 0.300. The number of aldehydes is 1. The van der Waals surface area contributed by atoms with Crippen LogP contribution in [0, 0.1) is 6.92 Å². The van der Waals surface area contributed by atoms with E-state index in [0.717, 1.165) is 11.1 Å². The van der Waals surface area contributed by atoms with Crippen LogP contribution in [0.1, 0.15) is 17.0 Å². The van der Waals surface area contributed by atoms with Gasteiger partial charge in [0.05, 0.1) is 5.92 Å². The molecule has 0 aliphatic heterocycles. The SMILES string of the molecule is Cc1ccccc1C(C=O)CF. The number of benzene rings is 1. The third-order valence-electron chi connectivity index (χ3n) is 1.92. The van der Waals surface area contributed by atoms with Crippen LogP contribution in [0.2, 0.25) is 0 Å². The lowest BCUT2D eigenvalue weighted by Crippen LogP contribution is -2.03. The number of carbonyl (C=O) groups excluding carboxylic acids is 1. The molecule has 0 amide bonds. The lowest BCUT2D eigenvalue weighted by atomic mass is 9.97. The molecular formula is C10H11FO. The number of carbonyl (C=O) groups is 1. The van der Waals surface area contributed by atoms with Gasteiger partial charge in [0.2, 0.25) is 0 Å². The van der Waals surface area contributed by atoms with Crippen molar-refractivity contribution in [2.75, 3.05) is 6.67 Å². The number of alkyl halides is 1. The Morgan fingerprint density at radius 2 is 2.17 bits per heavy atom. The second kappa shape index (κ2) is 4.00. The van der Waals surface area contributed by atoms with Crippen LogP contribution in [0.15, 0.2) is 24.3 Å². The van der Waals surface area contributed by atoms with E-state index in [1.54, 1.807) is 6.07 Å². The topological polar surface area (TPSA) is 17.1 Å². The molecule has 0 saturated heterocycles. The Kier molecular flexibility index (Phi) is 2.97. The van der Waals surface area contributed by atoms with Gasteiger partial charge in [0, 0.05) is 0 Å². The Balaban J connectivity index is 3.00. The average molecular weight is 166 g/mol. The van der Waals surface area contributed by atoms with E-state index < -0.39 is 12.6 Å². The third-order valence-corrected chi connectivity index (χ3v) is 1.92. The first-order chi connectivity index (χ1) is 5.79. The molecule has 0 radical (unpaired) electrons. The van der Waals surface area contributed by atoms with Crippen molar-refractivity contribution in [2.45, 2.75) is 12.8 Å². The number of aryl methyl sites for hydroxylation is 1. The molecule has 0 spiro atoms. The van der Waals surface area contributed by atoms with Gasteiger partial charge in [0.1, 0.15) is 13.0 Å². The minimum atomic E-state index is -0.617. The number of hydrogen-bond donors (Lipinski definition) is 0. The maximum Gasteiger partial charge on any atom is 0.130 e. The summed E-state index contributed by atoms with van der Waals surface area (Å²) in [5.41, 5.74) is 1.75. The molecule has 1 atom stereocenters. The van der Waals surface area contributed by atoms with Gasteiger partial charge >= 0.3 is 0 Å². The van der Waals surface area contributed by atoms with E-state index in [4.69, 9.17) is 0 Å². The summed E-state index contributed by atoms with van der Waals surface area (Å²) in [5, 5.41) is 0. The quantitative estimate of drug-likeness (QED) is 0.629. The zero-order valence-electron chi connectivity index (χ0n) is 6.96. The highest BCUT2D eigenvalue weighted by Gasteiger charge is 2.10. The molecular weight excluding hydrogens is 155 g/mol. The van der Waals surface area contributed by atoms with Crippen molar-refractivity contribution in [2.24, 2.45) is 0 Å². The number of rotatable bonds is 3. The number of halogens is 1. The maximum atomic E-state index is 12.3. The van der Waals surface area contributed by atoms with E-state index in [1.165, 1.54) is 0 Å². The van der Waals surface area contributed by atoms with Crippen molar-refractivity contribution in [1.82, 2.24) is 0 Å². The molecule has 0 fully saturated rings. The monoisotopic (exact) mass is 166 g/mol. The van der Waals surface area contributed by atoms with E-state index in [-0.39, 0.29) is 0 Å². The Morgan fingerprint density at radius 1 is 1.50 bits per heavy atom. The Morgan fingerprint density at radius 3 is 2.67 bits per heavy atom. The van der Waals surface area contributed by atoms with Gasteiger partial charge < -0.3 is 4.79 Å². The fourth-order valence-corrected chi connectivity index (χ4v) is 1.20. The zero-order valence-corrected chi connectivity index (χ0v) is 6.96. The predicted molar refractivity (Wildman–Crippen MR) is 46.0 cm³/mol. The second-order valence-electron chi connectivity index (χ2n) is 2.75. The van der Waals surface area contributed by atoms with E-state index in [0.29, 0.717) is 6.29 Å². The summed E-state index contributed by atoms with van der Waals surface area (Å²) in [6.07, 6.45) is 0.655. The standard InChI is InChI=1S/C10H11FO/c1-8-4-2-3-5-10(8)9(6-11)7-12/h2-5,7,9H,6H2,1H3. The molecule has 0 saturated carbocycles. The molecule has 0 heterocycles. The van der Waals surface area contributed by atoms with Gasteiger partial charge in [-0.15, -0.1) is 0 Å². The summed E-state index contributed by atoms with van der Waals surface area (Å²) in [6, 6.07) is 7.35. The normalized spacial score (nSPS) is 12.5. The molecule has 1 rings (SSSR count). The Bertz CT molecular complexity index is 270. The van der Waals surface area contributed by atoms with Crippen LogP contribution >= 0.6 is 0 Å². The van der Waals surface area contributed by atoms with Crippen molar-refractivity contribution in [3.8, 4) is 0 Å². The largest absolute Gasteiger partial charge is 0.303 e. The molecule has 2 heteroatoms. The lowest BCUT2D eigenvalue weighted by molar-refractivity contribution is -0.109. The van der Waals surface area contributed by atoms with Gasteiger partial charge in [0.15, 0.2) is 0 Å². The third kappa shape index (κ3) is 1.70. The van der Waals surface area contributed by atoms with Gasteiger partial charge in [-0.25, -0.2) is 4.39 Å². The van der Waals surface area contributed by atoms with Crippen molar-refractivity contribution < 1.29 is 9.18 Å². The van der Waals surface area contributed by atoms with Crippen LogP contribution in [-0.4, -0.2) is 13.0 Å². The number of hydrogen-bond acceptors (Lipinski definition) is 1. The fourth-order valence-electron chi connectivity index (χ4n) is 1.20. The first-order valence-electron chi connectivity index (χ1n) is 3.86. The molecule has 0 bridgehead atoms. The summed E-state index contributed by atoms with van der Waals surface area (Å²) in [7, 11) is 0. The molecule has 0 N–H and O–H groups in total. The first-order valence-corrected chi connectivity index (χ1v) is 3.86. The highest BCUT2D eigenvalue weighted by molar-refractivity contribution is 5.63. The predicted octanol–water partition coefficient (Wildman–Crippen LogP) is 2.25. The van der Waals surface area contributed by atoms with Crippen molar-refractivity contribution >= 4 is 6.29 Å². The first kappa shape index (κ1) is 8.91. The maximum absolute atomic E-state index is 12.3. The van der Waals surface area contributed by atoms with Crippen LogP contribution in [0.4, 0.5) is 4.39 Å². The highest BCUT2D eigenvalue weighted by atomic mass is 19.1. The van der Waals surface area contributed by atoms with Gasteiger partial charge in [-0.2, -0.15) is 0 Å². The van der Waals surface area contributed by atoms with E-state index in [2.05, 4.69) is 0 Å². The van der Waals surface area contributed by atoms with Crippen LogP contribution < -0.4 is 0 Å². The summed E-state index contributed by atoms with van der Waals surface area (Å²) in [4.78, 5) is 10.4. The van der Waals surface area contributed by atoms with Crippen LogP contribution in [0.3, 0.4) is 0 Å². The molecule has 0 aliphatic rings. The van der Waals surface area contributed by atoms with Crippen molar-refractivity contribution in [3.05, 3.63) is 35.4 Å². The molecule has 1 nitrogen and oxygen atoms in total. The summed E-state index contributed by atoms with van der Waals surface area (Å²) in [5.74, 6) is -0.591. The van der Waals surface area contributed by atoms with Gasteiger partial charge in [0.25, 0.3) is 0 Å². The smallest absolute Gasteiger partial charge is 0.130 e. The van der Waals surface area contributed by atoms with E-state index in [9.17, 15) is 9.18 Å². The van der Waals surface area contributed by atoms with Crippen LogP contribution in [-0.2, 0) is 4.79 Å². The molecule has 0 aromatic heterocycles. The Hall–Kier alpha value is -1.18. The average Bonchev–Trinajstić information content (AvgIpc) is 2.10. The van der Waals surface area contributed by atoms with Crippen LogP contribution in [0.5, 0.6) is 0 Å². The molecule has 1 aromatic rings. The molecule has 12 heavy (non-hydrogen) atoms. The zero-order chi connectivity index (χ0) is 8.97.